The van der Waals surface area contributed by atoms with Gasteiger partial charge < -0.3 is 0 Å². The maximum absolute atomic E-state index is 4.10. The number of hydrogen-bond donors (Lipinski definition) is 0. The smallest absolute Gasteiger partial charge is 0.0857 e. The van der Waals surface area contributed by atoms with Crippen LogP contribution in [0.5, 0.6) is 0 Å². The summed E-state index contributed by atoms with van der Waals surface area (Å²) >= 11 is 0. The Hall–Kier alpha value is -0.500. The predicted molar refractivity (Wildman–Crippen MR) is 87.9 cm³/mol. The lowest BCUT2D eigenvalue weighted by atomic mass is 10.3. The number of hydrogen-bond acceptors (Lipinski definition) is 2. The van der Waals surface area contributed by atoms with Gasteiger partial charge in [0.15, 0.2) is 0 Å². The van der Waals surface area contributed by atoms with E-state index in [1.54, 1.807) is 0 Å². The van der Waals surface area contributed by atoms with Gasteiger partial charge in [0.05, 0.1) is 11.4 Å². The Kier molecular flexibility index (Phi) is 8.36. The molecule has 0 aliphatic heterocycles. The molecule has 2 nitrogen and oxygen atoms in total. The Morgan fingerprint density at radius 1 is 0.500 bits per heavy atom. The molecule has 0 saturated heterocycles. The third-order valence-electron chi connectivity index (χ3n) is 1.79. The standard InChI is InChI=1S/C12H10N2.2HI/c1-3-7-11(8-4-1)13-14-12-9-5-2-6-10-12;;/h1-10H;2*1H. The molecule has 0 aliphatic rings. The Balaban J connectivity index is 0.00000112. The van der Waals surface area contributed by atoms with Crippen molar-refractivity contribution in [2.24, 2.45) is 10.2 Å². The molecule has 4 heteroatoms. The van der Waals surface area contributed by atoms with Gasteiger partial charge in [-0.25, -0.2) is 0 Å². The van der Waals surface area contributed by atoms with Gasteiger partial charge >= 0.3 is 0 Å². The van der Waals surface area contributed by atoms with E-state index in [2.05, 4.69) is 10.2 Å². The van der Waals surface area contributed by atoms with Gasteiger partial charge in [0.1, 0.15) is 0 Å². The van der Waals surface area contributed by atoms with Crippen LogP contribution in [0.4, 0.5) is 11.4 Å². The lowest BCUT2D eigenvalue weighted by Gasteiger charge is -1.91. The summed E-state index contributed by atoms with van der Waals surface area (Å²) in [6, 6.07) is 19.4. The first-order chi connectivity index (χ1) is 6.95. The van der Waals surface area contributed by atoms with Crippen molar-refractivity contribution in [2.45, 2.75) is 0 Å². The van der Waals surface area contributed by atoms with Gasteiger partial charge in [0.25, 0.3) is 0 Å². The fourth-order valence-electron chi connectivity index (χ4n) is 1.10. The second-order valence-electron chi connectivity index (χ2n) is 2.87. The molecular formula is C12H12I2N2. The molecule has 0 N–H and O–H groups in total. The Labute approximate surface area is 129 Å². The minimum absolute atomic E-state index is 0. The average Bonchev–Trinajstić information content (AvgIpc) is 2.29. The third kappa shape index (κ3) is 5.02. The summed E-state index contributed by atoms with van der Waals surface area (Å²) in [7, 11) is 0. The molecule has 16 heavy (non-hydrogen) atoms. The van der Waals surface area contributed by atoms with Gasteiger partial charge in [0, 0.05) is 0 Å². The zero-order valence-corrected chi connectivity index (χ0v) is 13.1. The second kappa shape index (κ2) is 8.63. The summed E-state index contributed by atoms with van der Waals surface area (Å²) < 4.78 is 0. The summed E-state index contributed by atoms with van der Waals surface area (Å²) in [5, 5.41) is 8.20. The second-order valence-corrected chi connectivity index (χ2v) is 2.87. The van der Waals surface area contributed by atoms with Crippen LogP contribution in [0.15, 0.2) is 70.9 Å². The van der Waals surface area contributed by atoms with Crippen molar-refractivity contribution in [3.05, 3.63) is 60.7 Å². The van der Waals surface area contributed by atoms with Gasteiger partial charge in [-0.3, -0.25) is 0 Å². The van der Waals surface area contributed by atoms with E-state index in [0.29, 0.717) is 0 Å². The minimum atomic E-state index is 0. The number of benzene rings is 2. The van der Waals surface area contributed by atoms with Crippen molar-refractivity contribution in [2.75, 3.05) is 0 Å². The Morgan fingerprint density at radius 2 is 0.812 bits per heavy atom. The molecule has 0 heterocycles. The van der Waals surface area contributed by atoms with Crippen LogP contribution in [-0.2, 0) is 0 Å². The molecule has 0 bridgehead atoms. The molecule has 84 valence electrons. The molecule has 0 aromatic heterocycles. The largest absolute Gasteiger partial charge is 0.151 e. The highest BCUT2D eigenvalue weighted by molar-refractivity contribution is 14.0. The number of rotatable bonds is 2. The number of halogens is 2. The van der Waals surface area contributed by atoms with Crippen LogP contribution >= 0.6 is 48.0 Å². The molecule has 0 aliphatic carbocycles. The Bertz CT molecular complexity index is 374. The maximum atomic E-state index is 4.10. The van der Waals surface area contributed by atoms with Crippen molar-refractivity contribution in [3.8, 4) is 0 Å². The molecule has 0 spiro atoms. The normalized spacial score (nSPS) is 9.25. The van der Waals surface area contributed by atoms with Gasteiger partial charge in [-0.15, -0.1) is 48.0 Å². The van der Waals surface area contributed by atoms with Crippen molar-refractivity contribution >= 4 is 59.3 Å². The summed E-state index contributed by atoms with van der Waals surface area (Å²) in [4.78, 5) is 0. The average molecular weight is 438 g/mol. The number of azo groups is 1. The molecular weight excluding hydrogens is 426 g/mol. The summed E-state index contributed by atoms with van der Waals surface area (Å²) in [5.41, 5.74) is 1.74. The molecule has 2 aromatic carbocycles. The minimum Gasteiger partial charge on any atom is -0.151 e. The Morgan fingerprint density at radius 3 is 1.12 bits per heavy atom. The van der Waals surface area contributed by atoms with Gasteiger partial charge in [-0.05, 0) is 24.3 Å². The van der Waals surface area contributed by atoms with Crippen LogP contribution in [0.25, 0.3) is 0 Å². The van der Waals surface area contributed by atoms with Crippen LogP contribution in [-0.4, -0.2) is 0 Å². The van der Waals surface area contributed by atoms with Crippen LogP contribution in [0.1, 0.15) is 0 Å². The summed E-state index contributed by atoms with van der Waals surface area (Å²) in [5.74, 6) is 0. The van der Waals surface area contributed by atoms with Crippen molar-refractivity contribution in [1.82, 2.24) is 0 Å². The van der Waals surface area contributed by atoms with Crippen molar-refractivity contribution < 1.29 is 0 Å². The lowest BCUT2D eigenvalue weighted by molar-refractivity contribution is 1.23. The fourth-order valence-corrected chi connectivity index (χ4v) is 1.10. The van der Waals surface area contributed by atoms with Crippen molar-refractivity contribution in [1.29, 1.82) is 0 Å². The predicted octanol–water partition coefficient (Wildman–Crippen LogP) is 5.34. The molecule has 0 unspecified atom stereocenters. The van der Waals surface area contributed by atoms with Crippen LogP contribution < -0.4 is 0 Å². The van der Waals surface area contributed by atoms with Crippen LogP contribution in [0.2, 0.25) is 0 Å². The van der Waals surface area contributed by atoms with Gasteiger partial charge in [-0.1, -0.05) is 36.4 Å². The molecule has 0 saturated carbocycles. The highest BCUT2D eigenvalue weighted by Gasteiger charge is 1.86. The summed E-state index contributed by atoms with van der Waals surface area (Å²) in [6.07, 6.45) is 0. The maximum Gasteiger partial charge on any atom is 0.0857 e. The first-order valence-electron chi connectivity index (χ1n) is 4.47. The molecule has 2 rings (SSSR count). The van der Waals surface area contributed by atoms with E-state index < -0.39 is 0 Å². The van der Waals surface area contributed by atoms with E-state index in [1.165, 1.54) is 0 Å². The number of nitrogens with zero attached hydrogens (tertiary/aromatic N) is 2. The molecule has 0 fully saturated rings. The monoisotopic (exact) mass is 438 g/mol. The quantitative estimate of drug-likeness (QED) is 0.447. The lowest BCUT2D eigenvalue weighted by Crippen LogP contribution is -1.62. The molecule has 2 aromatic rings. The first kappa shape index (κ1) is 15.5. The SMILES string of the molecule is I.I.c1ccc(N=Nc2ccccc2)cc1. The van der Waals surface area contributed by atoms with Gasteiger partial charge in [-0.2, -0.15) is 10.2 Å². The highest BCUT2D eigenvalue weighted by Crippen LogP contribution is 2.16. The summed E-state index contributed by atoms with van der Waals surface area (Å²) in [6.45, 7) is 0. The first-order valence-corrected chi connectivity index (χ1v) is 4.47. The molecule has 0 radical (unpaired) electrons. The fraction of sp³-hybridized carbons (Fsp3) is 0. The van der Waals surface area contributed by atoms with Crippen LogP contribution in [0, 0.1) is 0 Å². The van der Waals surface area contributed by atoms with E-state index in [9.17, 15) is 0 Å². The molecule has 0 atom stereocenters. The van der Waals surface area contributed by atoms with Gasteiger partial charge in [0.2, 0.25) is 0 Å². The van der Waals surface area contributed by atoms with E-state index in [-0.39, 0.29) is 48.0 Å². The van der Waals surface area contributed by atoms with Crippen LogP contribution in [0.3, 0.4) is 0 Å². The van der Waals surface area contributed by atoms with E-state index in [1.807, 2.05) is 60.7 Å². The van der Waals surface area contributed by atoms with Crippen molar-refractivity contribution in [3.63, 3.8) is 0 Å². The zero-order valence-electron chi connectivity index (χ0n) is 8.48. The van der Waals surface area contributed by atoms with E-state index >= 15 is 0 Å². The highest BCUT2D eigenvalue weighted by atomic mass is 127. The molecule has 0 amide bonds. The topological polar surface area (TPSA) is 24.7 Å². The third-order valence-corrected chi connectivity index (χ3v) is 1.79. The van der Waals surface area contributed by atoms with E-state index in [4.69, 9.17) is 0 Å². The van der Waals surface area contributed by atoms with E-state index in [0.717, 1.165) is 11.4 Å². The zero-order chi connectivity index (χ0) is 9.64.